The summed E-state index contributed by atoms with van der Waals surface area (Å²) in [6, 6.07) is 99.3. The number of ether oxygens (including phenoxy) is 2. The average Bonchev–Trinajstić information content (AvgIpc) is 2.63. The molecular formula is C74H45B2NO2. The minimum atomic E-state index is -0.813. The highest BCUT2D eigenvalue weighted by molar-refractivity contribution is 6.97. The molecular weight excluding hydrogens is 956 g/mol. The minimum absolute atomic E-state index is 0.0266. The lowest BCUT2D eigenvalue weighted by atomic mass is 9.35. The maximum atomic E-state index is 7.61. The van der Waals surface area contributed by atoms with Gasteiger partial charge >= 0.3 is 0 Å². The van der Waals surface area contributed by atoms with E-state index in [4.69, 9.17) is 9.47 Å². The number of para-hydroxylation sites is 4. The Labute approximate surface area is 458 Å². The van der Waals surface area contributed by atoms with Crippen molar-refractivity contribution in [2.24, 2.45) is 0 Å². The van der Waals surface area contributed by atoms with E-state index in [9.17, 15) is 0 Å². The third kappa shape index (κ3) is 5.63. The number of hydrogen-bond acceptors (Lipinski definition) is 2. The van der Waals surface area contributed by atoms with Crippen LogP contribution in [0.1, 0.15) is 44.9 Å². The monoisotopic (exact) mass is 1000 g/mol. The number of hydrogen-bond donors (Lipinski definition) is 0. The molecule has 12 aromatic carbocycles. The van der Waals surface area contributed by atoms with Crippen LogP contribution in [0.3, 0.4) is 0 Å². The Hall–Kier alpha value is -9.83. The predicted octanol–water partition coefficient (Wildman–Crippen LogP) is 13.5. The van der Waals surface area contributed by atoms with Crippen LogP contribution < -0.4 is 42.3 Å². The summed E-state index contributed by atoms with van der Waals surface area (Å²) < 4.78 is 17.7. The van der Waals surface area contributed by atoms with Crippen LogP contribution in [0.15, 0.2) is 267 Å². The van der Waals surface area contributed by atoms with E-state index in [1.807, 2.05) is 0 Å². The third-order valence-corrected chi connectivity index (χ3v) is 18.4. The van der Waals surface area contributed by atoms with Crippen molar-refractivity contribution in [1.29, 1.82) is 0 Å². The third-order valence-electron chi connectivity index (χ3n) is 18.4. The van der Waals surface area contributed by atoms with Gasteiger partial charge in [-0.05, 0) is 108 Å². The van der Waals surface area contributed by atoms with Crippen LogP contribution in [0.4, 0.5) is 0 Å². The van der Waals surface area contributed by atoms with E-state index in [1.165, 1.54) is 110 Å². The zero-order chi connectivity index (χ0) is 51.5. The second-order valence-corrected chi connectivity index (χ2v) is 22.0. The van der Waals surface area contributed by atoms with Crippen molar-refractivity contribution in [3.8, 4) is 62.1 Å². The lowest BCUT2D eigenvalue weighted by Crippen LogP contribution is -2.55. The van der Waals surface area contributed by atoms with E-state index < -0.39 is 5.41 Å². The predicted molar refractivity (Wildman–Crippen MR) is 325 cm³/mol. The topological polar surface area (TPSA) is 23.4 Å². The molecule has 0 saturated carbocycles. The quantitative estimate of drug-likeness (QED) is 0.164. The Bertz CT molecular complexity index is 4670. The summed E-state index contributed by atoms with van der Waals surface area (Å²) in [4.78, 5) is 0. The molecule has 0 N–H and O–H groups in total. The van der Waals surface area contributed by atoms with E-state index in [0.717, 1.165) is 45.3 Å². The summed E-state index contributed by atoms with van der Waals surface area (Å²) in [5.41, 5.74) is 25.9. The van der Waals surface area contributed by atoms with Crippen molar-refractivity contribution in [3.63, 3.8) is 0 Å². The molecule has 18 rings (SSSR count). The van der Waals surface area contributed by atoms with E-state index in [-0.39, 0.29) is 19.3 Å². The van der Waals surface area contributed by atoms with Gasteiger partial charge in [0.1, 0.15) is 23.0 Å². The SMILES string of the molecule is c1ccc(B2c3ccccc3Oc3c2ccc2c3-c3c(C4c5ccccc5-c5ccccc54)cccc3C23c2cccc(-n4c5ccccc5c5ccccc54)c2-c2c3ccc3c2Oc2ccccc2B3c2ccccc2)cc1. The van der Waals surface area contributed by atoms with Crippen molar-refractivity contribution >= 4 is 68.0 Å². The van der Waals surface area contributed by atoms with E-state index >= 15 is 0 Å². The second kappa shape index (κ2) is 16.1. The molecule has 1 aromatic heterocycles. The van der Waals surface area contributed by atoms with Gasteiger partial charge in [0.25, 0.3) is 13.4 Å². The summed E-state index contributed by atoms with van der Waals surface area (Å²) in [5.74, 6) is 3.59. The van der Waals surface area contributed by atoms with Crippen LogP contribution >= 0.6 is 0 Å². The molecule has 79 heavy (non-hydrogen) atoms. The number of benzene rings is 12. The molecule has 3 heterocycles. The first-order valence-electron chi connectivity index (χ1n) is 27.7. The molecule has 0 amide bonds. The van der Waals surface area contributed by atoms with Gasteiger partial charge in [-0.2, -0.15) is 0 Å². The van der Waals surface area contributed by atoms with Crippen LogP contribution in [0.25, 0.3) is 60.9 Å². The van der Waals surface area contributed by atoms with Gasteiger partial charge in [-0.25, -0.2) is 0 Å². The van der Waals surface area contributed by atoms with Crippen LogP contribution in [-0.4, -0.2) is 18.0 Å². The Morgan fingerprint density at radius 1 is 0.316 bits per heavy atom. The minimum Gasteiger partial charge on any atom is -0.458 e. The molecule has 3 aliphatic carbocycles. The Balaban J connectivity index is 1.01. The van der Waals surface area contributed by atoms with Crippen molar-refractivity contribution < 1.29 is 9.47 Å². The highest BCUT2D eigenvalue weighted by Gasteiger charge is 2.57. The highest BCUT2D eigenvalue weighted by Crippen LogP contribution is 2.68. The number of nitrogens with zero attached hydrogens (tertiary/aromatic N) is 1. The Kier molecular flexibility index (Phi) is 8.83. The van der Waals surface area contributed by atoms with Gasteiger partial charge in [0.05, 0.1) is 22.1 Å². The van der Waals surface area contributed by atoms with E-state index in [2.05, 4.69) is 271 Å². The van der Waals surface area contributed by atoms with Gasteiger partial charge in [0.15, 0.2) is 0 Å². The summed E-state index contributed by atoms with van der Waals surface area (Å²) >= 11 is 0. The first-order valence-corrected chi connectivity index (χ1v) is 27.7. The zero-order valence-corrected chi connectivity index (χ0v) is 42.9. The van der Waals surface area contributed by atoms with Crippen molar-refractivity contribution in [1.82, 2.24) is 4.57 Å². The van der Waals surface area contributed by atoms with E-state index in [0.29, 0.717) is 0 Å². The van der Waals surface area contributed by atoms with Gasteiger partial charge < -0.3 is 14.0 Å². The lowest BCUT2D eigenvalue weighted by Gasteiger charge is -2.33. The molecule has 13 aromatic rings. The van der Waals surface area contributed by atoms with Crippen molar-refractivity contribution in [2.45, 2.75) is 11.3 Å². The van der Waals surface area contributed by atoms with Gasteiger partial charge in [0.2, 0.25) is 0 Å². The molecule has 0 bridgehead atoms. The van der Waals surface area contributed by atoms with Crippen LogP contribution in [0.2, 0.25) is 0 Å². The fourth-order valence-electron chi connectivity index (χ4n) is 15.4. The fraction of sp³-hybridized carbons (Fsp3) is 0.0270. The lowest BCUT2D eigenvalue weighted by molar-refractivity contribution is 0.488. The maximum Gasteiger partial charge on any atom is 0.250 e. The van der Waals surface area contributed by atoms with Gasteiger partial charge in [-0.15, -0.1) is 0 Å². The first-order chi connectivity index (χ1) is 39.3. The maximum absolute atomic E-state index is 7.61. The fourth-order valence-corrected chi connectivity index (χ4v) is 15.4. The molecule has 1 spiro atoms. The standard InChI is InChI=1S/C74H45B2NO2/c1-3-21-45(22-4-1)75-58-34-13-17-39-65(58)78-72-60(75)43-41-56-70(72)68-53(67-51-29-9-7-25-47(51)48-26-8-10-30-52(48)67)31-19-32-54(68)74(56)55-33-20-38-64(77-62-36-15-11-27-49(62)50-28-12-16-37-63(50)77)69(55)71-57(74)42-44-61-73(71)79-66-40-18-14-35-59(66)76(61)46-23-5-2-6-24-46/h1-44,67H. The second-order valence-electron chi connectivity index (χ2n) is 22.0. The van der Waals surface area contributed by atoms with Crippen LogP contribution in [0, 0.1) is 0 Å². The van der Waals surface area contributed by atoms with Crippen LogP contribution in [-0.2, 0) is 5.41 Å². The highest BCUT2D eigenvalue weighted by atomic mass is 16.5. The molecule has 5 heteroatoms. The Morgan fingerprint density at radius 2 is 0.747 bits per heavy atom. The first kappa shape index (κ1) is 43.3. The zero-order valence-electron chi connectivity index (χ0n) is 42.9. The molecule has 0 fully saturated rings. The Morgan fingerprint density at radius 3 is 1.32 bits per heavy atom. The molecule has 2 aliphatic heterocycles. The number of fused-ring (bicyclic) bond motifs is 22. The molecule has 5 aliphatic rings. The molecule has 1 atom stereocenters. The summed E-state index contributed by atoms with van der Waals surface area (Å²) in [6.45, 7) is -0.105. The van der Waals surface area contributed by atoms with Crippen molar-refractivity contribution in [2.75, 3.05) is 0 Å². The summed E-state index contributed by atoms with van der Waals surface area (Å²) in [6.07, 6.45) is 0. The molecule has 3 nitrogen and oxygen atoms in total. The average molecular weight is 1000 g/mol. The van der Waals surface area contributed by atoms with Crippen LogP contribution in [0.5, 0.6) is 23.0 Å². The number of aromatic nitrogens is 1. The summed E-state index contributed by atoms with van der Waals surface area (Å²) in [7, 11) is 0. The smallest absolute Gasteiger partial charge is 0.250 e. The molecule has 1 unspecified atom stereocenters. The molecule has 0 saturated heterocycles. The summed E-state index contributed by atoms with van der Waals surface area (Å²) in [5, 5.41) is 2.45. The van der Waals surface area contributed by atoms with Gasteiger partial charge in [-0.3, -0.25) is 0 Å². The normalized spacial score (nSPS) is 15.5. The largest absolute Gasteiger partial charge is 0.458 e. The molecule has 364 valence electrons. The van der Waals surface area contributed by atoms with Gasteiger partial charge in [0, 0.05) is 33.4 Å². The number of rotatable bonds is 4. The molecule has 0 radical (unpaired) electrons. The van der Waals surface area contributed by atoms with Crippen molar-refractivity contribution in [3.05, 3.63) is 306 Å². The van der Waals surface area contributed by atoms with E-state index in [1.54, 1.807) is 0 Å². The van der Waals surface area contributed by atoms with Gasteiger partial charge in [-0.1, -0.05) is 248 Å².